The first-order chi connectivity index (χ1) is 11.5. The number of rotatable bonds is 3. The van der Waals surface area contributed by atoms with Crippen molar-refractivity contribution in [1.29, 1.82) is 0 Å². The summed E-state index contributed by atoms with van der Waals surface area (Å²) in [4.78, 5) is 36.9. The summed E-state index contributed by atoms with van der Waals surface area (Å²) in [5.41, 5.74) is 0.134. The van der Waals surface area contributed by atoms with Gasteiger partial charge in [0.1, 0.15) is 13.2 Å². The SMILES string of the molecule is C[C@@H](OC(=O)c1cc(Cl)c2c(c1)OCCO2)C(=O)N1CCNC1=O. The molecular formula is C15H15ClN2O6. The van der Waals surface area contributed by atoms with E-state index in [-0.39, 0.29) is 17.1 Å². The third kappa shape index (κ3) is 3.09. The van der Waals surface area contributed by atoms with Gasteiger partial charge in [-0.2, -0.15) is 0 Å². The highest BCUT2D eigenvalue weighted by Gasteiger charge is 2.32. The van der Waals surface area contributed by atoms with Crippen molar-refractivity contribution in [2.75, 3.05) is 26.3 Å². The number of halogens is 1. The topological polar surface area (TPSA) is 94.2 Å². The van der Waals surface area contributed by atoms with E-state index in [4.69, 9.17) is 25.8 Å². The lowest BCUT2D eigenvalue weighted by Gasteiger charge is -2.21. The second-order valence-electron chi connectivity index (χ2n) is 5.25. The summed E-state index contributed by atoms with van der Waals surface area (Å²) in [5, 5.41) is 2.73. The fourth-order valence-corrected chi connectivity index (χ4v) is 2.67. The monoisotopic (exact) mass is 354 g/mol. The maximum Gasteiger partial charge on any atom is 0.339 e. The quantitative estimate of drug-likeness (QED) is 0.820. The zero-order valence-corrected chi connectivity index (χ0v) is 13.6. The predicted molar refractivity (Wildman–Crippen MR) is 82.4 cm³/mol. The molecule has 0 unspecified atom stereocenters. The Bertz CT molecular complexity index is 707. The van der Waals surface area contributed by atoms with E-state index in [0.29, 0.717) is 31.3 Å². The minimum Gasteiger partial charge on any atom is -0.486 e. The first-order valence-electron chi connectivity index (χ1n) is 7.36. The number of ether oxygens (including phenoxy) is 3. The number of hydrogen-bond donors (Lipinski definition) is 1. The van der Waals surface area contributed by atoms with Crippen LogP contribution in [0, 0.1) is 0 Å². The molecule has 3 rings (SSSR count). The van der Waals surface area contributed by atoms with E-state index in [0.717, 1.165) is 4.90 Å². The number of esters is 1. The molecule has 128 valence electrons. The van der Waals surface area contributed by atoms with Gasteiger partial charge < -0.3 is 19.5 Å². The first kappa shape index (κ1) is 16.4. The Labute approximate surface area is 142 Å². The van der Waals surface area contributed by atoms with Gasteiger partial charge in [-0.25, -0.2) is 9.59 Å². The van der Waals surface area contributed by atoms with Crippen molar-refractivity contribution < 1.29 is 28.6 Å². The van der Waals surface area contributed by atoms with Gasteiger partial charge in [0, 0.05) is 13.1 Å². The number of benzene rings is 1. The summed E-state index contributed by atoms with van der Waals surface area (Å²) in [7, 11) is 0. The van der Waals surface area contributed by atoms with Crippen molar-refractivity contribution in [2.24, 2.45) is 0 Å². The normalized spacial score (nSPS) is 17.2. The summed E-state index contributed by atoms with van der Waals surface area (Å²) in [6.07, 6.45) is -1.10. The van der Waals surface area contributed by atoms with Gasteiger partial charge in [-0.05, 0) is 19.1 Å². The largest absolute Gasteiger partial charge is 0.486 e. The highest BCUT2D eigenvalue weighted by Crippen LogP contribution is 2.38. The van der Waals surface area contributed by atoms with Crippen molar-refractivity contribution >= 4 is 29.5 Å². The molecule has 0 spiro atoms. The van der Waals surface area contributed by atoms with Gasteiger partial charge in [0.15, 0.2) is 17.6 Å². The summed E-state index contributed by atoms with van der Waals surface area (Å²) < 4.78 is 15.9. The van der Waals surface area contributed by atoms with E-state index in [1.54, 1.807) is 0 Å². The van der Waals surface area contributed by atoms with E-state index < -0.39 is 24.0 Å². The fourth-order valence-electron chi connectivity index (χ4n) is 2.41. The number of amides is 3. The third-order valence-electron chi connectivity index (χ3n) is 3.59. The number of urea groups is 1. The second-order valence-corrected chi connectivity index (χ2v) is 5.66. The lowest BCUT2D eigenvalue weighted by Crippen LogP contribution is -2.41. The molecule has 2 heterocycles. The summed E-state index contributed by atoms with van der Waals surface area (Å²) in [5.74, 6) is -0.604. The first-order valence-corrected chi connectivity index (χ1v) is 7.74. The molecule has 0 saturated carbocycles. The van der Waals surface area contributed by atoms with E-state index in [1.807, 2.05) is 0 Å². The lowest BCUT2D eigenvalue weighted by molar-refractivity contribution is -0.136. The Balaban J connectivity index is 1.71. The molecule has 1 atom stereocenters. The molecule has 1 fully saturated rings. The van der Waals surface area contributed by atoms with Gasteiger partial charge in [0.25, 0.3) is 5.91 Å². The van der Waals surface area contributed by atoms with Crippen molar-refractivity contribution in [3.8, 4) is 11.5 Å². The molecule has 3 amide bonds. The van der Waals surface area contributed by atoms with Crippen molar-refractivity contribution in [3.63, 3.8) is 0 Å². The summed E-state index contributed by atoms with van der Waals surface area (Å²) in [6, 6.07) is 2.34. The Morgan fingerprint density at radius 2 is 2.08 bits per heavy atom. The highest BCUT2D eigenvalue weighted by molar-refractivity contribution is 6.32. The molecule has 1 N–H and O–H groups in total. The molecular weight excluding hydrogens is 340 g/mol. The van der Waals surface area contributed by atoms with Crippen LogP contribution in [-0.4, -0.2) is 55.2 Å². The van der Waals surface area contributed by atoms with Crippen LogP contribution in [0.5, 0.6) is 11.5 Å². The lowest BCUT2D eigenvalue weighted by atomic mass is 10.2. The van der Waals surface area contributed by atoms with E-state index in [2.05, 4.69) is 5.32 Å². The molecule has 0 radical (unpaired) electrons. The Hall–Kier alpha value is -2.48. The molecule has 0 bridgehead atoms. The average molecular weight is 355 g/mol. The second kappa shape index (κ2) is 6.56. The number of fused-ring (bicyclic) bond motifs is 1. The molecule has 2 aliphatic rings. The van der Waals surface area contributed by atoms with Crippen molar-refractivity contribution in [3.05, 3.63) is 22.7 Å². The van der Waals surface area contributed by atoms with Gasteiger partial charge in [-0.1, -0.05) is 11.6 Å². The van der Waals surface area contributed by atoms with Crippen LogP contribution in [0.15, 0.2) is 12.1 Å². The molecule has 0 aliphatic carbocycles. The van der Waals surface area contributed by atoms with Gasteiger partial charge in [-0.15, -0.1) is 0 Å². The molecule has 1 aromatic carbocycles. The molecule has 2 aliphatic heterocycles. The number of nitrogens with zero attached hydrogens (tertiary/aromatic N) is 1. The van der Waals surface area contributed by atoms with Gasteiger partial charge in [-0.3, -0.25) is 9.69 Å². The van der Waals surface area contributed by atoms with E-state index in [1.165, 1.54) is 19.1 Å². The minimum absolute atomic E-state index is 0.134. The molecule has 1 saturated heterocycles. The number of imide groups is 1. The molecule has 24 heavy (non-hydrogen) atoms. The van der Waals surface area contributed by atoms with Crippen LogP contribution in [-0.2, 0) is 9.53 Å². The van der Waals surface area contributed by atoms with Crippen LogP contribution in [0.2, 0.25) is 5.02 Å². The number of nitrogens with one attached hydrogen (secondary N) is 1. The van der Waals surface area contributed by atoms with Crippen LogP contribution >= 0.6 is 11.6 Å². The number of carbonyl (C=O) groups is 3. The zero-order chi connectivity index (χ0) is 17.3. The van der Waals surface area contributed by atoms with Gasteiger partial charge in [0.2, 0.25) is 0 Å². The number of carbonyl (C=O) groups excluding carboxylic acids is 3. The maximum absolute atomic E-state index is 12.2. The maximum atomic E-state index is 12.2. The Morgan fingerprint density at radius 3 is 2.79 bits per heavy atom. The third-order valence-corrected chi connectivity index (χ3v) is 3.87. The molecule has 9 heteroatoms. The summed E-state index contributed by atoms with van der Waals surface area (Å²) in [6.45, 7) is 2.75. The average Bonchev–Trinajstić information content (AvgIpc) is 3.00. The Kier molecular flexibility index (Phi) is 4.48. The van der Waals surface area contributed by atoms with Crippen molar-refractivity contribution in [1.82, 2.24) is 10.2 Å². The van der Waals surface area contributed by atoms with Gasteiger partial charge in [0.05, 0.1) is 10.6 Å². The van der Waals surface area contributed by atoms with E-state index in [9.17, 15) is 14.4 Å². The molecule has 1 aromatic rings. The van der Waals surface area contributed by atoms with Crippen LogP contribution in [0.3, 0.4) is 0 Å². The molecule has 0 aromatic heterocycles. The number of hydrogen-bond acceptors (Lipinski definition) is 6. The summed E-state index contributed by atoms with van der Waals surface area (Å²) >= 11 is 6.07. The minimum atomic E-state index is -1.10. The smallest absolute Gasteiger partial charge is 0.339 e. The van der Waals surface area contributed by atoms with E-state index >= 15 is 0 Å². The standard InChI is InChI=1S/C15H15ClN2O6/c1-8(13(19)18-3-2-17-15(18)21)24-14(20)9-6-10(16)12-11(7-9)22-4-5-23-12/h6-8H,2-5H2,1H3,(H,17,21)/t8-/m1/s1. The zero-order valence-electron chi connectivity index (χ0n) is 12.8. The predicted octanol–water partition coefficient (Wildman–Crippen LogP) is 1.21. The van der Waals surface area contributed by atoms with Crippen LogP contribution in [0.4, 0.5) is 4.79 Å². The van der Waals surface area contributed by atoms with Crippen LogP contribution in [0.1, 0.15) is 17.3 Å². The fraction of sp³-hybridized carbons (Fsp3) is 0.400. The van der Waals surface area contributed by atoms with Crippen LogP contribution < -0.4 is 14.8 Å². The Morgan fingerprint density at radius 1 is 1.33 bits per heavy atom. The van der Waals surface area contributed by atoms with Crippen molar-refractivity contribution in [2.45, 2.75) is 13.0 Å². The van der Waals surface area contributed by atoms with Gasteiger partial charge >= 0.3 is 12.0 Å². The van der Waals surface area contributed by atoms with Crippen LogP contribution in [0.25, 0.3) is 0 Å². The molecule has 8 nitrogen and oxygen atoms in total. The highest BCUT2D eigenvalue weighted by atomic mass is 35.5.